The van der Waals surface area contributed by atoms with Crippen LogP contribution >= 0.6 is 11.6 Å². The summed E-state index contributed by atoms with van der Waals surface area (Å²) in [5.41, 5.74) is -2.49. The topological polar surface area (TPSA) is 58.2 Å². The first kappa shape index (κ1) is 24.4. The number of hydrogen-bond acceptors (Lipinski definition) is 3. The molecule has 0 spiro atoms. The first-order valence-electron chi connectivity index (χ1n) is 8.53. The van der Waals surface area contributed by atoms with Gasteiger partial charge in [-0.25, -0.2) is 13.1 Å². The molecule has 0 aliphatic carbocycles. The predicted octanol–water partition coefficient (Wildman–Crippen LogP) is 4.84. The van der Waals surface area contributed by atoms with Crippen molar-refractivity contribution in [3.8, 4) is 0 Å². The van der Waals surface area contributed by atoms with Crippen molar-refractivity contribution in [3.63, 3.8) is 0 Å². The maximum Gasteiger partial charge on any atom is 0.416 e. The molecule has 2 aromatic rings. The zero-order chi connectivity index (χ0) is 22.6. The van der Waals surface area contributed by atoms with E-state index in [1.807, 2.05) is 10.8 Å². The Bertz CT molecular complexity index is 945. The summed E-state index contributed by atoms with van der Waals surface area (Å²) in [6.45, 7) is 0.629. The van der Waals surface area contributed by atoms with E-state index in [4.69, 9.17) is 11.6 Å². The minimum Gasteiger partial charge on any atom is -0.313 e. The van der Waals surface area contributed by atoms with Gasteiger partial charge in [-0.3, -0.25) is 0 Å². The Hall–Kier alpha value is -1.82. The number of hydrogen-bond donors (Lipinski definition) is 2. The third kappa shape index (κ3) is 7.15. The second kappa shape index (κ2) is 9.54. The Balaban J connectivity index is 1.99. The Morgan fingerprint density at radius 2 is 1.47 bits per heavy atom. The van der Waals surface area contributed by atoms with Gasteiger partial charge in [0.2, 0.25) is 10.0 Å². The molecule has 4 nitrogen and oxygen atoms in total. The molecule has 2 rings (SSSR count). The first-order valence-corrected chi connectivity index (χ1v) is 10.4. The van der Waals surface area contributed by atoms with Gasteiger partial charge in [0.15, 0.2) is 0 Å². The summed E-state index contributed by atoms with van der Waals surface area (Å²) < 4.78 is 104. The van der Waals surface area contributed by atoms with Crippen LogP contribution in [0, 0.1) is 0 Å². The fourth-order valence-corrected chi connectivity index (χ4v) is 3.82. The van der Waals surface area contributed by atoms with Crippen LogP contribution in [0.15, 0.2) is 47.4 Å². The molecule has 0 saturated carbocycles. The molecular weight excluding hydrogens is 458 g/mol. The third-order valence-electron chi connectivity index (χ3n) is 3.91. The van der Waals surface area contributed by atoms with E-state index in [1.165, 1.54) is 0 Å². The number of halogens is 7. The summed E-state index contributed by atoms with van der Waals surface area (Å²) >= 11 is 5.85. The van der Waals surface area contributed by atoms with Crippen molar-refractivity contribution in [2.75, 3.05) is 13.1 Å². The van der Waals surface area contributed by atoms with E-state index in [0.29, 0.717) is 18.1 Å². The molecule has 0 unspecified atom stereocenters. The molecule has 0 aliphatic heterocycles. The molecule has 0 bridgehead atoms. The van der Waals surface area contributed by atoms with Crippen LogP contribution in [0.5, 0.6) is 0 Å². The van der Waals surface area contributed by atoms with Crippen LogP contribution in [-0.2, 0) is 28.9 Å². The van der Waals surface area contributed by atoms with Crippen LogP contribution in [0.25, 0.3) is 0 Å². The molecule has 12 heteroatoms. The highest BCUT2D eigenvalue weighted by atomic mass is 35.5. The van der Waals surface area contributed by atoms with Gasteiger partial charge in [-0.05, 0) is 48.9 Å². The standard InChI is InChI=1S/C18H17ClF6N2O2S/c19-15-4-1-3-12(7-15)11-26-5-2-6-27-30(28,29)16-9-13(17(20,21)22)8-14(10-16)18(23,24)25/h1,3-4,7-10,26-27H,2,5-6,11H2. The number of rotatable bonds is 8. The lowest BCUT2D eigenvalue weighted by atomic mass is 10.1. The predicted molar refractivity (Wildman–Crippen MR) is 99.4 cm³/mol. The molecule has 2 N–H and O–H groups in total. The quantitative estimate of drug-likeness (QED) is 0.425. The summed E-state index contributed by atoms with van der Waals surface area (Å²) in [6, 6.07) is 7.26. The molecular formula is C18H17ClF6N2O2S. The summed E-state index contributed by atoms with van der Waals surface area (Å²) in [4.78, 5) is -1.10. The molecule has 0 radical (unpaired) electrons. The Kier molecular flexibility index (Phi) is 7.78. The highest BCUT2D eigenvalue weighted by molar-refractivity contribution is 7.89. The minimum atomic E-state index is -5.13. The smallest absolute Gasteiger partial charge is 0.313 e. The van der Waals surface area contributed by atoms with Gasteiger partial charge >= 0.3 is 12.4 Å². The van der Waals surface area contributed by atoms with E-state index in [1.54, 1.807) is 18.2 Å². The average Bonchev–Trinajstić information content (AvgIpc) is 2.63. The van der Waals surface area contributed by atoms with Gasteiger partial charge in [-0.2, -0.15) is 26.3 Å². The van der Waals surface area contributed by atoms with Gasteiger partial charge in [-0.1, -0.05) is 23.7 Å². The van der Waals surface area contributed by atoms with Crippen molar-refractivity contribution >= 4 is 21.6 Å². The SMILES string of the molecule is O=S(=O)(NCCCNCc1cccc(Cl)c1)c1cc(C(F)(F)F)cc(C(F)(F)F)c1. The monoisotopic (exact) mass is 474 g/mol. The van der Waals surface area contributed by atoms with Crippen LogP contribution in [-0.4, -0.2) is 21.5 Å². The molecule has 166 valence electrons. The van der Waals surface area contributed by atoms with Crippen molar-refractivity contribution in [3.05, 3.63) is 64.2 Å². The third-order valence-corrected chi connectivity index (χ3v) is 5.59. The van der Waals surface area contributed by atoms with Gasteiger partial charge in [0, 0.05) is 18.1 Å². The molecule has 0 atom stereocenters. The lowest BCUT2D eigenvalue weighted by Crippen LogP contribution is -2.28. The molecule has 0 saturated heterocycles. The largest absolute Gasteiger partial charge is 0.416 e. The zero-order valence-electron chi connectivity index (χ0n) is 15.2. The fourth-order valence-electron chi connectivity index (χ4n) is 2.46. The lowest BCUT2D eigenvalue weighted by Gasteiger charge is -2.15. The van der Waals surface area contributed by atoms with Crippen molar-refractivity contribution in [1.29, 1.82) is 0 Å². The van der Waals surface area contributed by atoms with Crippen molar-refractivity contribution in [1.82, 2.24) is 10.0 Å². The Labute approximate surface area is 174 Å². The summed E-state index contributed by atoms with van der Waals surface area (Å²) in [6.07, 6.45) is -10.0. The second-order valence-corrected chi connectivity index (χ2v) is 8.50. The lowest BCUT2D eigenvalue weighted by molar-refractivity contribution is -0.143. The highest BCUT2D eigenvalue weighted by Crippen LogP contribution is 2.37. The molecule has 0 fully saturated rings. The molecule has 0 aliphatic rings. The summed E-state index contributed by atoms with van der Waals surface area (Å²) in [5, 5.41) is 3.58. The fraction of sp³-hybridized carbons (Fsp3) is 0.333. The maximum absolute atomic E-state index is 12.9. The first-order chi connectivity index (χ1) is 13.8. The number of alkyl halides is 6. The second-order valence-electron chi connectivity index (χ2n) is 6.30. The van der Waals surface area contributed by atoms with Crippen molar-refractivity contribution in [2.24, 2.45) is 0 Å². The van der Waals surface area contributed by atoms with Crippen LogP contribution in [0.4, 0.5) is 26.3 Å². The van der Waals surface area contributed by atoms with Gasteiger partial charge in [0.05, 0.1) is 16.0 Å². The molecule has 2 aromatic carbocycles. The minimum absolute atomic E-state index is 0.126. The average molecular weight is 475 g/mol. The van der Waals surface area contributed by atoms with E-state index in [0.717, 1.165) is 5.56 Å². The van der Waals surface area contributed by atoms with E-state index in [9.17, 15) is 34.8 Å². The number of sulfonamides is 1. The normalized spacial score (nSPS) is 12.9. The van der Waals surface area contributed by atoms with Crippen LogP contribution < -0.4 is 10.0 Å². The molecule has 0 heterocycles. The summed E-state index contributed by atoms with van der Waals surface area (Å²) in [7, 11) is -4.57. The van der Waals surface area contributed by atoms with Crippen LogP contribution in [0.1, 0.15) is 23.1 Å². The van der Waals surface area contributed by atoms with E-state index < -0.39 is 38.4 Å². The number of nitrogens with one attached hydrogen (secondary N) is 2. The van der Waals surface area contributed by atoms with E-state index in [-0.39, 0.29) is 31.2 Å². The molecule has 0 aromatic heterocycles. The molecule has 30 heavy (non-hydrogen) atoms. The van der Waals surface area contributed by atoms with Crippen LogP contribution in [0.3, 0.4) is 0 Å². The van der Waals surface area contributed by atoms with Gasteiger partial charge < -0.3 is 5.32 Å². The number of benzene rings is 2. The van der Waals surface area contributed by atoms with Crippen molar-refractivity contribution in [2.45, 2.75) is 30.2 Å². The van der Waals surface area contributed by atoms with Crippen LogP contribution in [0.2, 0.25) is 5.02 Å². The Morgan fingerprint density at radius 3 is 2.00 bits per heavy atom. The van der Waals surface area contributed by atoms with E-state index >= 15 is 0 Å². The maximum atomic E-state index is 12.9. The van der Waals surface area contributed by atoms with Gasteiger partial charge in [-0.15, -0.1) is 0 Å². The Morgan fingerprint density at radius 1 is 0.867 bits per heavy atom. The van der Waals surface area contributed by atoms with Crippen molar-refractivity contribution < 1.29 is 34.8 Å². The summed E-state index contributed by atoms with van der Waals surface area (Å²) in [5.74, 6) is 0. The van der Waals surface area contributed by atoms with Gasteiger partial charge in [0.1, 0.15) is 0 Å². The highest BCUT2D eigenvalue weighted by Gasteiger charge is 2.38. The van der Waals surface area contributed by atoms with Gasteiger partial charge in [0.25, 0.3) is 0 Å². The zero-order valence-corrected chi connectivity index (χ0v) is 16.8. The van der Waals surface area contributed by atoms with E-state index in [2.05, 4.69) is 5.32 Å². The molecule has 0 amide bonds.